The van der Waals surface area contributed by atoms with Gasteiger partial charge < -0.3 is 26.0 Å². The minimum absolute atomic E-state index is 0.213. The molecule has 0 aliphatic heterocycles. The van der Waals surface area contributed by atoms with Gasteiger partial charge in [0.1, 0.15) is 11.9 Å². The highest BCUT2D eigenvalue weighted by molar-refractivity contribution is 5.99. The Morgan fingerprint density at radius 1 is 1.09 bits per heavy atom. The van der Waals surface area contributed by atoms with Crippen LogP contribution in [0.2, 0.25) is 0 Å². The van der Waals surface area contributed by atoms with Crippen molar-refractivity contribution < 1.29 is 32.3 Å². The summed E-state index contributed by atoms with van der Waals surface area (Å²) in [5, 5.41) is 18.5. The van der Waals surface area contributed by atoms with E-state index in [9.17, 15) is 32.3 Å². The van der Waals surface area contributed by atoms with Gasteiger partial charge in [-0.05, 0) is 31.3 Å². The second-order valence-electron chi connectivity index (χ2n) is 6.95. The molecule has 0 aliphatic carbocycles. The standard InChI is InChI=1S/C21H20F4N4O3/c1-26-16(15-12-5-3-4-6-14(12)28-19(15)31)17(20(32)27-2)29-18(30)11-8-7-10(22)9-13(11)21(23,24)25/h3-9,16-17,26,28,31H,1-2H3,(H,27,32)(H,29,30). The van der Waals surface area contributed by atoms with Crippen LogP contribution >= 0.6 is 0 Å². The molecule has 0 saturated heterocycles. The Bertz CT molecular complexity index is 1160. The number of amides is 2. The van der Waals surface area contributed by atoms with Crippen LogP contribution in [0.4, 0.5) is 17.6 Å². The molecular formula is C21H20F4N4O3. The zero-order chi connectivity index (χ0) is 23.6. The smallest absolute Gasteiger partial charge is 0.417 e. The van der Waals surface area contributed by atoms with Crippen molar-refractivity contribution in [1.29, 1.82) is 0 Å². The average Bonchev–Trinajstić information content (AvgIpc) is 3.08. The van der Waals surface area contributed by atoms with Crippen molar-refractivity contribution in [3.63, 3.8) is 0 Å². The van der Waals surface area contributed by atoms with Crippen LogP contribution in [0.3, 0.4) is 0 Å². The van der Waals surface area contributed by atoms with Crippen LogP contribution in [0, 0.1) is 5.82 Å². The summed E-state index contributed by atoms with van der Waals surface area (Å²) in [6, 6.07) is 5.98. The molecule has 0 saturated carbocycles. The number of rotatable bonds is 6. The molecule has 7 nitrogen and oxygen atoms in total. The first-order chi connectivity index (χ1) is 15.1. The topological polar surface area (TPSA) is 106 Å². The average molecular weight is 452 g/mol. The molecule has 5 N–H and O–H groups in total. The fourth-order valence-corrected chi connectivity index (χ4v) is 3.57. The van der Waals surface area contributed by atoms with Gasteiger partial charge in [0.15, 0.2) is 5.88 Å². The molecule has 0 spiro atoms. The second-order valence-corrected chi connectivity index (χ2v) is 6.95. The van der Waals surface area contributed by atoms with Crippen LogP contribution in [0.1, 0.15) is 27.5 Å². The van der Waals surface area contributed by atoms with E-state index in [2.05, 4.69) is 20.9 Å². The van der Waals surface area contributed by atoms with E-state index >= 15 is 0 Å². The molecule has 170 valence electrons. The molecule has 0 aliphatic rings. The summed E-state index contributed by atoms with van der Waals surface area (Å²) >= 11 is 0. The number of aromatic hydroxyl groups is 1. The first-order valence-electron chi connectivity index (χ1n) is 9.44. The first kappa shape index (κ1) is 23.1. The summed E-state index contributed by atoms with van der Waals surface area (Å²) in [5.74, 6) is -3.39. The number of para-hydroxylation sites is 1. The number of aromatic amines is 1. The Balaban J connectivity index is 2.05. The van der Waals surface area contributed by atoms with Crippen molar-refractivity contribution in [3.05, 3.63) is 65.0 Å². The van der Waals surface area contributed by atoms with Crippen molar-refractivity contribution in [1.82, 2.24) is 20.9 Å². The van der Waals surface area contributed by atoms with Crippen LogP contribution in [-0.2, 0) is 11.0 Å². The summed E-state index contributed by atoms with van der Waals surface area (Å²) in [6.07, 6.45) is -4.99. The van der Waals surface area contributed by atoms with Crippen molar-refractivity contribution in [2.24, 2.45) is 0 Å². The van der Waals surface area contributed by atoms with Gasteiger partial charge in [0.05, 0.1) is 17.2 Å². The maximum atomic E-state index is 13.4. The SMILES string of the molecule is CNC(=O)C(NC(=O)c1ccc(F)cc1C(F)(F)F)C(NC)c1c(O)[nH]c2ccccc12. The molecule has 3 rings (SSSR count). The fraction of sp³-hybridized carbons (Fsp3) is 0.238. The third-order valence-corrected chi connectivity index (χ3v) is 5.03. The van der Waals surface area contributed by atoms with Crippen molar-refractivity contribution in [2.45, 2.75) is 18.3 Å². The lowest BCUT2D eigenvalue weighted by Gasteiger charge is -2.27. The van der Waals surface area contributed by atoms with Crippen LogP contribution < -0.4 is 16.0 Å². The Morgan fingerprint density at radius 2 is 1.78 bits per heavy atom. The van der Waals surface area contributed by atoms with Gasteiger partial charge >= 0.3 is 6.18 Å². The largest absolute Gasteiger partial charge is 0.494 e. The van der Waals surface area contributed by atoms with Gasteiger partial charge in [0, 0.05) is 23.5 Å². The van der Waals surface area contributed by atoms with Gasteiger partial charge in [-0.15, -0.1) is 0 Å². The molecular weight excluding hydrogens is 432 g/mol. The Labute approximate surface area is 179 Å². The van der Waals surface area contributed by atoms with E-state index in [0.717, 1.165) is 6.07 Å². The predicted octanol–water partition coefficient (Wildman–Crippen LogP) is 2.84. The van der Waals surface area contributed by atoms with Crippen molar-refractivity contribution >= 4 is 22.7 Å². The number of aromatic nitrogens is 1. The predicted molar refractivity (Wildman–Crippen MR) is 108 cm³/mol. The molecule has 0 bridgehead atoms. The normalized spacial score (nSPS) is 13.6. The second kappa shape index (κ2) is 8.87. The van der Waals surface area contributed by atoms with Crippen LogP contribution in [-0.4, -0.2) is 42.0 Å². The van der Waals surface area contributed by atoms with Gasteiger partial charge in [-0.25, -0.2) is 4.39 Å². The summed E-state index contributed by atoms with van der Waals surface area (Å²) in [5.41, 5.74) is -1.51. The lowest BCUT2D eigenvalue weighted by Crippen LogP contribution is -2.52. The first-order valence-corrected chi connectivity index (χ1v) is 9.44. The van der Waals surface area contributed by atoms with E-state index in [1.165, 1.54) is 14.1 Å². The number of alkyl halides is 3. The molecule has 2 atom stereocenters. The van der Waals surface area contributed by atoms with E-state index in [0.29, 0.717) is 17.0 Å². The number of H-pyrrole nitrogens is 1. The van der Waals surface area contributed by atoms with Gasteiger partial charge in [0.25, 0.3) is 5.91 Å². The fourth-order valence-electron chi connectivity index (χ4n) is 3.57. The molecule has 3 aromatic rings. The summed E-state index contributed by atoms with van der Waals surface area (Å²) in [7, 11) is 2.76. The number of nitrogens with one attached hydrogen (secondary N) is 4. The van der Waals surface area contributed by atoms with Crippen molar-refractivity contribution in [2.75, 3.05) is 14.1 Å². The monoisotopic (exact) mass is 452 g/mol. The molecule has 2 amide bonds. The summed E-state index contributed by atoms with van der Waals surface area (Å²) < 4.78 is 53.5. The van der Waals surface area contributed by atoms with Gasteiger partial charge in [-0.2, -0.15) is 13.2 Å². The quantitative estimate of drug-likeness (QED) is 0.371. The maximum Gasteiger partial charge on any atom is 0.417 e. The van der Waals surface area contributed by atoms with E-state index < -0.39 is 47.0 Å². The lowest BCUT2D eigenvalue weighted by molar-refractivity contribution is -0.138. The van der Waals surface area contributed by atoms with Crippen molar-refractivity contribution in [3.8, 4) is 5.88 Å². The molecule has 1 heterocycles. The Hall–Kier alpha value is -3.60. The van der Waals surface area contributed by atoms with E-state index in [-0.39, 0.29) is 17.5 Å². The zero-order valence-electron chi connectivity index (χ0n) is 17.0. The van der Waals surface area contributed by atoms with E-state index in [1.54, 1.807) is 24.3 Å². The van der Waals surface area contributed by atoms with E-state index in [1.807, 2.05) is 0 Å². The van der Waals surface area contributed by atoms with Crippen LogP contribution in [0.25, 0.3) is 10.9 Å². The number of likely N-dealkylation sites (N-methyl/N-ethyl adjacent to an activating group) is 2. The number of fused-ring (bicyclic) bond motifs is 1. The molecule has 0 radical (unpaired) electrons. The Kier molecular flexibility index (Phi) is 6.40. The summed E-state index contributed by atoms with van der Waals surface area (Å²) in [6.45, 7) is 0. The molecule has 11 heteroatoms. The van der Waals surface area contributed by atoms with Crippen LogP contribution in [0.15, 0.2) is 42.5 Å². The molecule has 2 aromatic carbocycles. The summed E-state index contributed by atoms with van der Waals surface area (Å²) in [4.78, 5) is 28.2. The number of hydrogen-bond donors (Lipinski definition) is 5. The number of carbonyl (C=O) groups is 2. The third kappa shape index (κ3) is 4.37. The minimum atomic E-state index is -4.99. The number of halogens is 4. The lowest BCUT2D eigenvalue weighted by atomic mass is 9.96. The van der Waals surface area contributed by atoms with Gasteiger partial charge in [-0.3, -0.25) is 9.59 Å². The third-order valence-electron chi connectivity index (χ3n) is 5.03. The molecule has 1 aromatic heterocycles. The number of hydrogen-bond acceptors (Lipinski definition) is 4. The zero-order valence-corrected chi connectivity index (χ0v) is 17.0. The van der Waals surface area contributed by atoms with Gasteiger partial charge in [0.2, 0.25) is 5.91 Å². The number of carbonyl (C=O) groups excluding carboxylic acids is 2. The Morgan fingerprint density at radius 3 is 2.41 bits per heavy atom. The highest BCUT2D eigenvalue weighted by Gasteiger charge is 2.38. The minimum Gasteiger partial charge on any atom is -0.494 e. The molecule has 2 unspecified atom stereocenters. The molecule has 0 fully saturated rings. The number of benzene rings is 2. The van der Waals surface area contributed by atoms with E-state index in [4.69, 9.17) is 0 Å². The van der Waals surface area contributed by atoms with Crippen LogP contribution in [0.5, 0.6) is 5.88 Å². The van der Waals surface area contributed by atoms with Gasteiger partial charge in [-0.1, -0.05) is 18.2 Å². The maximum absolute atomic E-state index is 13.4. The highest BCUT2D eigenvalue weighted by atomic mass is 19.4. The highest BCUT2D eigenvalue weighted by Crippen LogP contribution is 2.35. The molecule has 32 heavy (non-hydrogen) atoms.